The van der Waals surface area contributed by atoms with Crippen LogP contribution in [0.1, 0.15) is 21.6 Å². The zero-order valence-electron chi connectivity index (χ0n) is 15.9. The van der Waals surface area contributed by atoms with Crippen molar-refractivity contribution in [2.24, 2.45) is 0 Å². The van der Waals surface area contributed by atoms with Crippen molar-refractivity contribution in [3.8, 4) is 10.4 Å². The third-order valence-corrected chi connectivity index (χ3v) is 6.43. The van der Waals surface area contributed by atoms with Crippen LogP contribution in [0.5, 0.6) is 0 Å². The summed E-state index contributed by atoms with van der Waals surface area (Å²) in [5.41, 5.74) is -2.29. The standard InChI is InChI=1S/C23H16F6S/c1-13-8-6-7-11-16(13)19-20(22(26,27)23(28,29)21(19,24)25)17-12-18(30-14(17)2)15-9-4-3-5-10-15/h3-12H,1-2H3. The molecule has 0 saturated carbocycles. The summed E-state index contributed by atoms with van der Waals surface area (Å²) in [5, 5.41) is 0. The van der Waals surface area contributed by atoms with Crippen LogP contribution in [-0.2, 0) is 0 Å². The van der Waals surface area contributed by atoms with Gasteiger partial charge in [-0.2, -0.15) is 26.3 Å². The Kier molecular flexibility index (Phi) is 4.65. The summed E-state index contributed by atoms with van der Waals surface area (Å²) in [7, 11) is 0. The number of hydrogen-bond acceptors (Lipinski definition) is 1. The van der Waals surface area contributed by atoms with E-state index < -0.39 is 28.9 Å². The topological polar surface area (TPSA) is 0 Å². The molecule has 0 aliphatic heterocycles. The Morgan fingerprint density at radius 3 is 1.80 bits per heavy atom. The minimum atomic E-state index is -5.55. The largest absolute Gasteiger partial charge is 0.380 e. The maximum absolute atomic E-state index is 14.9. The van der Waals surface area contributed by atoms with Gasteiger partial charge in [-0.25, -0.2) is 0 Å². The van der Waals surface area contributed by atoms with Crippen molar-refractivity contribution in [1.82, 2.24) is 0 Å². The maximum atomic E-state index is 14.9. The Hall–Kier alpha value is -2.54. The average molecular weight is 438 g/mol. The second-order valence-corrected chi connectivity index (χ2v) is 8.49. The lowest BCUT2D eigenvalue weighted by molar-refractivity contribution is -0.254. The van der Waals surface area contributed by atoms with Gasteiger partial charge in [-0.1, -0.05) is 54.6 Å². The van der Waals surface area contributed by atoms with Crippen LogP contribution in [0.2, 0.25) is 0 Å². The fourth-order valence-corrected chi connectivity index (χ4v) is 4.79. The summed E-state index contributed by atoms with van der Waals surface area (Å²) < 4.78 is 88.5. The van der Waals surface area contributed by atoms with Crippen molar-refractivity contribution in [3.63, 3.8) is 0 Å². The highest BCUT2D eigenvalue weighted by Gasteiger charge is 2.80. The first-order chi connectivity index (χ1) is 14.0. The molecule has 0 unspecified atom stereocenters. The zero-order valence-corrected chi connectivity index (χ0v) is 16.8. The first-order valence-electron chi connectivity index (χ1n) is 9.11. The molecule has 1 aliphatic carbocycles. The van der Waals surface area contributed by atoms with E-state index in [2.05, 4.69) is 0 Å². The van der Waals surface area contributed by atoms with Gasteiger partial charge >= 0.3 is 17.8 Å². The molecule has 0 atom stereocenters. The molecule has 1 aromatic heterocycles. The van der Waals surface area contributed by atoms with Crippen LogP contribution >= 0.6 is 11.3 Å². The number of halogens is 6. The van der Waals surface area contributed by atoms with Gasteiger partial charge in [-0.3, -0.25) is 0 Å². The summed E-state index contributed by atoms with van der Waals surface area (Å²) in [6.07, 6.45) is 0. The van der Waals surface area contributed by atoms with Gasteiger partial charge in [0.25, 0.3) is 0 Å². The van der Waals surface area contributed by atoms with E-state index in [4.69, 9.17) is 0 Å². The summed E-state index contributed by atoms with van der Waals surface area (Å²) in [6.45, 7) is 2.90. The van der Waals surface area contributed by atoms with Crippen LogP contribution in [0.4, 0.5) is 26.3 Å². The minimum absolute atomic E-state index is 0.217. The molecule has 7 heteroatoms. The van der Waals surface area contributed by atoms with E-state index in [-0.39, 0.29) is 21.6 Å². The van der Waals surface area contributed by atoms with Crippen LogP contribution in [0.3, 0.4) is 0 Å². The Morgan fingerprint density at radius 1 is 0.667 bits per heavy atom. The first-order valence-corrected chi connectivity index (χ1v) is 9.92. The molecule has 156 valence electrons. The number of alkyl halides is 6. The fourth-order valence-electron chi connectivity index (χ4n) is 3.76. The normalized spacial score (nSPS) is 19.3. The van der Waals surface area contributed by atoms with Crippen molar-refractivity contribution in [1.29, 1.82) is 0 Å². The van der Waals surface area contributed by atoms with E-state index in [1.54, 1.807) is 30.3 Å². The van der Waals surface area contributed by atoms with Gasteiger partial charge < -0.3 is 0 Å². The molecule has 4 rings (SSSR count). The van der Waals surface area contributed by atoms with Gasteiger partial charge in [0.1, 0.15) is 0 Å². The number of rotatable bonds is 3. The number of benzene rings is 2. The molecule has 1 heterocycles. The van der Waals surface area contributed by atoms with Crippen molar-refractivity contribution < 1.29 is 26.3 Å². The lowest BCUT2D eigenvalue weighted by Gasteiger charge is -2.26. The van der Waals surface area contributed by atoms with Crippen molar-refractivity contribution in [3.05, 3.63) is 82.2 Å². The third kappa shape index (κ3) is 2.75. The van der Waals surface area contributed by atoms with Crippen molar-refractivity contribution in [2.45, 2.75) is 31.6 Å². The second-order valence-electron chi connectivity index (χ2n) is 7.23. The average Bonchev–Trinajstić information content (AvgIpc) is 3.11. The maximum Gasteiger partial charge on any atom is 0.380 e. The molecule has 3 aromatic rings. The molecule has 2 aromatic carbocycles. The molecule has 30 heavy (non-hydrogen) atoms. The molecule has 0 amide bonds. The quantitative estimate of drug-likeness (QED) is 0.365. The predicted molar refractivity (Wildman–Crippen MR) is 107 cm³/mol. The molecule has 0 nitrogen and oxygen atoms in total. The van der Waals surface area contributed by atoms with Gasteiger partial charge in [0.05, 0.1) is 0 Å². The van der Waals surface area contributed by atoms with Crippen LogP contribution in [0.25, 0.3) is 21.6 Å². The molecule has 0 bridgehead atoms. The summed E-state index contributed by atoms with van der Waals surface area (Å²) in [5.74, 6) is -15.6. The zero-order chi connectivity index (χ0) is 21.9. The monoisotopic (exact) mass is 438 g/mol. The number of aryl methyl sites for hydroxylation is 2. The van der Waals surface area contributed by atoms with Gasteiger partial charge in [0.15, 0.2) is 0 Å². The molecular weight excluding hydrogens is 422 g/mol. The SMILES string of the molecule is Cc1ccccc1C1=C(c2cc(-c3ccccc3)sc2C)C(F)(F)C(F)(F)C1(F)F. The summed E-state index contributed by atoms with van der Waals surface area (Å²) >= 11 is 1.10. The smallest absolute Gasteiger partial charge is 0.194 e. The molecule has 1 aliphatic rings. The summed E-state index contributed by atoms with van der Waals surface area (Å²) in [6, 6.07) is 15.5. The van der Waals surface area contributed by atoms with Crippen LogP contribution in [0.15, 0.2) is 60.7 Å². The minimum Gasteiger partial charge on any atom is -0.194 e. The molecule has 0 N–H and O–H groups in total. The van der Waals surface area contributed by atoms with E-state index in [9.17, 15) is 26.3 Å². The van der Waals surface area contributed by atoms with Crippen LogP contribution in [-0.4, -0.2) is 17.8 Å². The predicted octanol–water partition coefficient (Wildman–Crippen LogP) is 7.86. The molecule has 0 fully saturated rings. The lowest BCUT2D eigenvalue weighted by Crippen LogP contribution is -2.48. The first kappa shape index (κ1) is 20.7. The third-order valence-electron chi connectivity index (χ3n) is 5.33. The molecule has 0 spiro atoms. The van der Waals surface area contributed by atoms with E-state index in [0.29, 0.717) is 10.4 Å². The van der Waals surface area contributed by atoms with Crippen molar-refractivity contribution in [2.75, 3.05) is 0 Å². The fraction of sp³-hybridized carbons (Fsp3) is 0.217. The number of allylic oxidation sites excluding steroid dienone is 2. The van der Waals surface area contributed by atoms with Gasteiger partial charge in [0, 0.05) is 20.9 Å². The van der Waals surface area contributed by atoms with E-state index in [0.717, 1.165) is 11.3 Å². The highest BCUT2D eigenvalue weighted by molar-refractivity contribution is 7.15. The lowest BCUT2D eigenvalue weighted by atomic mass is 9.92. The van der Waals surface area contributed by atoms with Crippen LogP contribution < -0.4 is 0 Å². The Labute approximate surface area is 173 Å². The van der Waals surface area contributed by atoms with E-state index >= 15 is 0 Å². The van der Waals surface area contributed by atoms with Crippen molar-refractivity contribution >= 4 is 22.5 Å². The molecular formula is C23H16F6S. The Bertz CT molecular complexity index is 1140. The Morgan fingerprint density at radius 2 is 1.20 bits per heavy atom. The summed E-state index contributed by atoms with van der Waals surface area (Å²) in [4.78, 5) is 0.803. The van der Waals surface area contributed by atoms with E-state index in [1.165, 1.54) is 44.2 Å². The number of hydrogen-bond donors (Lipinski definition) is 0. The van der Waals surface area contributed by atoms with Gasteiger partial charge in [-0.05, 0) is 42.2 Å². The molecule has 0 saturated heterocycles. The van der Waals surface area contributed by atoms with Crippen LogP contribution in [0, 0.1) is 13.8 Å². The highest BCUT2D eigenvalue weighted by atomic mass is 32.1. The Balaban J connectivity index is 2.05. The van der Waals surface area contributed by atoms with Gasteiger partial charge in [-0.15, -0.1) is 11.3 Å². The number of thiophene rings is 1. The molecule has 0 radical (unpaired) electrons. The van der Waals surface area contributed by atoms with Gasteiger partial charge in [0.2, 0.25) is 0 Å². The highest BCUT2D eigenvalue weighted by Crippen LogP contribution is 2.65. The van der Waals surface area contributed by atoms with E-state index in [1.807, 2.05) is 0 Å². The second kappa shape index (κ2) is 6.74.